The molecule has 4 aromatic carbocycles. The SMILES string of the molecule is Cc1ccc2c(c1-c1ccc3c(sc4ccccc43)c1C)-c1ccccc1C2(C)C. The molecule has 0 unspecified atom stereocenters. The predicted octanol–water partition coefficient (Wildman–Crippen LogP) is 8.64. The highest BCUT2D eigenvalue weighted by molar-refractivity contribution is 7.26. The lowest BCUT2D eigenvalue weighted by Gasteiger charge is -2.22. The van der Waals surface area contributed by atoms with Crippen molar-refractivity contribution < 1.29 is 0 Å². The van der Waals surface area contributed by atoms with Gasteiger partial charge in [0.05, 0.1) is 0 Å². The van der Waals surface area contributed by atoms with Crippen LogP contribution >= 0.6 is 11.3 Å². The number of thiophene rings is 1. The van der Waals surface area contributed by atoms with Crippen LogP contribution in [0.5, 0.6) is 0 Å². The van der Waals surface area contributed by atoms with Crippen molar-refractivity contribution in [2.24, 2.45) is 0 Å². The van der Waals surface area contributed by atoms with E-state index in [1.807, 2.05) is 11.3 Å². The Labute approximate surface area is 181 Å². The van der Waals surface area contributed by atoms with Crippen LogP contribution in [0.25, 0.3) is 42.4 Å². The zero-order chi connectivity index (χ0) is 20.6. The van der Waals surface area contributed by atoms with Gasteiger partial charge in [-0.2, -0.15) is 0 Å². The third-order valence-electron chi connectivity index (χ3n) is 7.02. The summed E-state index contributed by atoms with van der Waals surface area (Å²) in [4.78, 5) is 0. The molecular weight excluding hydrogens is 380 g/mol. The molecule has 30 heavy (non-hydrogen) atoms. The second-order valence-electron chi connectivity index (χ2n) is 9.06. The van der Waals surface area contributed by atoms with E-state index in [1.165, 1.54) is 64.7 Å². The summed E-state index contributed by atoms with van der Waals surface area (Å²) in [7, 11) is 0. The normalized spacial score (nSPS) is 14.3. The van der Waals surface area contributed by atoms with Crippen LogP contribution in [0, 0.1) is 13.8 Å². The number of hydrogen-bond donors (Lipinski definition) is 0. The minimum absolute atomic E-state index is 0.0317. The molecule has 6 rings (SSSR count). The van der Waals surface area contributed by atoms with Crippen molar-refractivity contribution in [1.82, 2.24) is 0 Å². The van der Waals surface area contributed by atoms with Crippen LogP contribution in [0.2, 0.25) is 0 Å². The first-order valence-corrected chi connectivity index (χ1v) is 11.5. The van der Waals surface area contributed by atoms with Gasteiger partial charge in [0.25, 0.3) is 0 Å². The Balaban J connectivity index is 1.72. The Hall–Kier alpha value is -2.90. The molecule has 1 heteroatoms. The van der Waals surface area contributed by atoms with Gasteiger partial charge in [0.15, 0.2) is 0 Å². The van der Waals surface area contributed by atoms with Crippen molar-refractivity contribution >= 4 is 31.5 Å². The summed E-state index contributed by atoms with van der Waals surface area (Å²) in [5.41, 5.74) is 11.3. The van der Waals surface area contributed by atoms with Gasteiger partial charge in [-0.05, 0) is 64.4 Å². The second kappa shape index (κ2) is 6.06. The van der Waals surface area contributed by atoms with Crippen LogP contribution < -0.4 is 0 Å². The van der Waals surface area contributed by atoms with E-state index in [4.69, 9.17) is 0 Å². The van der Waals surface area contributed by atoms with Crippen LogP contribution in [-0.2, 0) is 5.41 Å². The standard InChI is InChI=1S/C29H24S/c1-17-13-16-24-27(22-10-5-7-11-23(22)29(24,3)4)26(17)19-14-15-21-20-9-6-8-12-25(20)30-28(21)18(19)2/h5-16H,1-4H3. The van der Waals surface area contributed by atoms with Gasteiger partial charge in [-0.15, -0.1) is 11.3 Å². The molecule has 0 atom stereocenters. The number of rotatable bonds is 1. The average Bonchev–Trinajstić information content (AvgIpc) is 3.23. The third kappa shape index (κ3) is 2.22. The fourth-order valence-electron chi connectivity index (χ4n) is 5.44. The molecule has 5 aromatic rings. The maximum absolute atomic E-state index is 2.36. The first-order chi connectivity index (χ1) is 14.5. The van der Waals surface area contributed by atoms with Crippen LogP contribution in [0.15, 0.2) is 72.8 Å². The molecular formula is C29H24S. The lowest BCUT2D eigenvalue weighted by atomic mass is 9.81. The smallest absolute Gasteiger partial charge is 0.0390 e. The quantitative estimate of drug-likeness (QED) is 0.262. The van der Waals surface area contributed by atoms with E-state index in [2.05, 4.69) is 100 Å². The Kier molecular flexibility index (Phi) is 3.62. The van der Waals surface area contributed by atoms with Gasteiger partial charge in [-0.1, -0.05) is 80.6 Å². The second-order valence-corrected chi connectivity index (χ2v) is 10.1. The molecule has 0 amide bonds. The van der Waals surface area contributed by atoms with Crippen molar-refractivity contribution in [1.29, 1.82) is 0 Å². The van der Waals surface area contributed by atoms with Gasteiger partial charge in [0.1, 0.15) is 0 Å². The van der Waals surface area contributed by atoms with Crippen molar-refractivity contribution in [3.8, 4) is 22.3 Å². The molecule has 1 aliphatic rings. The fourth-order valence-corrected chi connectivity index (χ4v) is 6.65. The summed E-state index contributed by atoms with van der Waals surface area (Å²) < 4.78 is 2.78. The van der Waals surface area contributed by atoms with Crippen molar-refractivity contribution in [2.75, 3.05) is 0 Å². The van der Waals surface area contributed by atoms with E-state index in [0.29, 0.717) is 0 Å². The fraction of sp³-hybridized carbons (Fsp3) is 0.172. The highest BCUT2D eigenvalue weighted by atomic mass is 32.1. The zero-order valence-corrected chi connectivity index (χ0v) is 18.7. The van der Waals surface area contributed by atoms with Gasteiger partial charge >= 0.3 is 0 Å². The molecule has 146 valence electrons. The van der Waals surface area contributed by atoms with Crippen molar-refractivity contribution in [3.05, 3.63) is 95.1 Å². The summed E-state index contributed by atoms with van der Waals surface area (Å²) in [6.07, 6.45) is 0. The summed E-state index contributed by atoms with van der Waals surface area (Å²) in [6, 6.07) is 27.1. The topological polar surface area (TPSA) is 0 Å². The minimum Gasteiger partial charge on any atom is -0.135 e. The van der Waals surface area contributed by atoms with Gasteiger partial charge in [0, 0.05) is 25.6 Å². The maximum atomic E-state index is 2.36. The van der Waals surface area contributed by atoms with E-state index in [9.17, 15) is 0 Å². The number of benzene rings is 4. The van der Waals surface area contributed by atoms with Crippen LogP contribution in [-0.4, -0.2) is 0 Å². The highest BCUT2D eigenvalue weighted by Gasteiger charge is 2.37. The molecule has 1 aliphatic carbocycles. The molecule has 0 spiro atoms. The first-order valence-electron chi connectivity index (χ1n) is 10.6. The maximum Gasteiger partial charge on any atom is 0.0390 e. The van der Waals surface area contributed by atoms with E-state index in [-0.39, 0.29) is 5.41 Å². The van der Waals surface area contributed by atoms with E-state index in [0.717, 1.165) is 0 Å². The Morgan fingerprint density at radius 2 is 1.40 bits per heavy atom. The van der Waals surface area contributed by atoms with Crippen LogP contribution in [0.1, 0.15) is 36.1 Å². The average molecular weight is 405 g/mol. The summed E-state index contributed by atoms with van der Waals surface area (Å²) in [6.45, 7) is 9.29. The lowest BCUT2D eigenvalue weighted by molar-refractivity contribution is 0.660. The van der Waals surface area contributed by atoms with Gasteiger partial charge in [0.2, 0.25) is 0 Å². The Bertz CT molecular complexity index is 1480. The van der Waals surface area contributed by atoms with Crippen molar-refractivity contribution in [3.63, 3.8) is 0 Å². The third-order valence-corrected chi connectivity index (χ3v) is 8.33. The lowest BCUT2D eigenvalue weighted by Crippen LogP contribution is -2.14. The molecule has 0 saturated heterocycles. The van der Waals surface area contributed by atoms with Crippen LogP contribution in [0.4, 0.5) is 0 Å². The molecule has 0 saturated carbocycles. The van der Waals surface area contributed by atoms with Crippen molar-refractivity contribution in [2.45, 2.75) is 33.1 Å². The van der Waals surface area contributed by atoms with E-state index in [1.54, 1.807) is 0 Å². The van der Waals surface area contributed by atoms with Gasteiger partial charge < -0.3 is 0 Å². The molecule has 0 aliphatic heterocycles. The molecule has 0 bridgehead atoms. The molecule has 1 heterocycles. The Morgan fingerprint density at radius 3 is 2.27 bits per heavy atom. The van der Waals surface area contributed by atoms with Gasteiger partial charge in [-0.3, -0.25) is 0 Å². The monoisotopic (exact) mass is 404 g/mol. The van der Waals surface area contributed by atoms with Crippen LogP contribution in [0.3, 0.4) is 0 Å². The number of fused-ring (bicyclic) bond motifs is 6. The number of hydrogen-bond acceptors (Lipinski definition) is 1. The predicted molar refractivity (Wildman–Crippen MR) is 132 cm³/mol. The first kappa shape index (κ1) is 17.9. The summed E-state index contributed by atoms with van der Waals surface area (Å²) >= 11 is 1.92. The van der Waals surface area contributed by atoms with Gasteiger partial charge in [-0.25, -0.2) is 0 Å². The highest BCUT2D eigenvalue weighted by Crippen LogP contribution is 2.53. The van der Waals surface area contributed by atoms with E-state index < -0.39 is 0 Å². The summed E-state index contributed by atoms with van der Waals surface area (Å²) in [5, 5.41) is 2.75. The Morgan fingerprint density at radius 1 is 0.633 bits per heavy atom. The molecule has 0 nitrogen and oxygen atoms in total. The minimum atomic E-state index is 0.0317. The zero-order valence-electron chi connectivity index (χ0n) is 17.8. The molecule has 0 N–H and O–H groups in total. The number of aryl methyl sites for hydroxylation is 2. The molecule has 0 fully saturated rings. The molecule has 0 radical (unpaired) electrons. The van der Waals surface area contributed by atoms with E-state index >= 15 is 0 Å². The molecule has 1 aromatic heterocycles. The summed E-state index contributed by atoms with van der Waals surface area (Å²) in [5.74, 6) is 0. The largest absolute Gasteiger partial charge is 0.135 e.